The van der Waals surface area contributed by atoms with Crippen LogP contribution in [-0.4, -0.2) is 56.7 Å². The van der Waals surface area contributed by atoms with Crippen LogP contribution < -0.4 is 10.6 Å². The Balaban J connectivity index is 0.00000210. The lowest BCUT2D eigenvalue weighted by Gasteiger charge is -2.39. The van der Waals surface area contributed by atoms with E-state index in [0.717, 1.165) is 45.3 Å². The zero-order valence-corrected chi connectivity index (χ0v) is 18.3. The molecule has 1 amide bonds. The maximum atomic E-state index is 13.9. The largest absolute Gasteiger partial charge is 0.384 e. The molecule has 166 valence electrons. The summed E-state index contributed by atoms with van der Waals surface area (Å²) in [5.74, 6) is -1.00. The number of amides is 1. The Labute approximate surface area is 183 Å². The van der Waals surface area contributed by atoms with Crippen molar-refractivity contribution >= 4 is 30.7 Å². The third-order valence-electron chi connectivity index (χ3n) is 5.75. The summed E-state index contributed by atoms with van der Waals surface area (Å²) < 4.78 is 33.2. The minimum Gasteiger partial charge on any atom is -0.384 e. The third kappa shape index (κ3) is 6.49. The topological polar surface area (TPSA) is 53.6 Å². The molecule has 0 spiro atoms. The minimum absolute atomic E-state index is 0. The average molecular weight is 454 g/mol. The van der Waals surface area contributed by atoms with Gasteiger partial charge in [-0.2, -0.15) is 0 Å². The number of ether oxygens (including phenoxy) is 1. The van der Waals surface area contributed by atoms with E-state index in [1.807, 2.05) is 4.90 Å². The first-order valence-corrected chi connectivity index (χ1v) is 9.70. The average Bonchev–Trinajstić information content (AvgIpc) is 2.66. The Morgan fingerprint density at radius 3 is 2.55 bits per heavy atom. The molecule has 2 N–H and O–H groups in total. The van der Waals surface area contributed by atoms with E-state index in [1.54, 1.807) is 7.11 Å². The van der Waals surface area contributed by atoms with Gasteiger partial charge in [0.2, 0.25) is 5.91 Å². The van der Waals surface area contributed by atoms with Crippen molar-refractivity contribution in [2.45, 2.75) is 38.3 Å². The van der Waals surface area contributed by atoms with E-state index in [2.05, 4.69) is 10.6 Å². The standard InChI is InChI=1S/C20H29F2N3O2.2ClH/c1-27-14-20(7-9-23-10-8-20)19(26)24-15-4-3-11-25(12-15)13-16-17(21)5-2-6-18(16)22;;/h2,5-6,15,23H,3-4,7-14H2,1H3,(H,24,26);2*1H. The highest BCUT2D eigenvalue weighted by molar-refractivity contribution is 5.85. The van der Waals surface area contributed by atoms with Crippen LogP contribution in [0.1, 0.15) is 31.2 Å². The van der Waals surface area contributed by atoms with Crippen LogP contribution in [0.3, 0.4) is 0 Å². The summed E-state index contributed by atoms with van der Waals surface area (Å²) >= 11 is 0. The zero-order valence-electron chi connectivity index (χ0n) is 16.7. The smallest absolute Gasteiger partial charge is 0.228 e. The first-order chi connectivity index (χ1) is 13.0. The maximum Gasteiger partial charge on any atom is 0.228 e. The number of carbonyl (C=O) groups excluding carboxylic acids is 1. The normalized spacial score (nSPS) is 21.6. The molecule has 1 aromatic carbocycles. The molecule has 2 aliphatic rings. The number of nitrogens with zero attached hydrogens (tertiary/aromatic N) is 1. The Morgan fingerprint density at radius 1 is 1.28 bits per heavy atom. The molecule has 0 radical (unpaired) electrons. The van der Waals surface area contributed by atoms with E-state index in [0.29, 0.717) is 13.2 Å². The summed E-state index contributed by atoms with van der Waals surface area (Å²) in [4.78, 5) is 15.0. The summed E-state index contributed by atoms with van der Waals surface area (Å²) in [6.45, 7) is 3.61. The van der Waals surface area contributed by atoms with E-state index in [1.165, 1.54) is 18.2 Å². The summed E-state index contributed by atoms with van der Waals surface area (Å²) in [7, 11) is 1.63. The highest BCUT2D eigenvalue weighted by Gasteiger charge is 2.40. The lowest BCUT2D eigenvalue weighted by molar-refractivity contribution is -0.137. The Kier molecular flexibility index (Phi) is 10.8. The van der Waals surface area contributed by atoms with Gasteiger partial charge in [0.05, 0.1) is 12.0 Å². The molecule has 2 aliphatic heterocycles. The Hall–Kier alpha value is -0.990. The van der Waals surface area contributed by atoms with Crippen LogP contribution in [0.15, 0.2) is 18.2 Å². The zero-order chi connectivity index (χ0) is 19.3. The molecule has 0 bridgehead atoms. The quantitative estimate of drug-likeness (QED) is 0.695. The highest BCUT2D eigenvalue weighted by atomic mass is 35.5. The molecule has 5 nitrogen and oxygen atoms in total. The summed E-state index contributed by atoms with van der Waals surface area (Å²) in [6.07, 6.45) is 3.27. The lowest BCUT2D eigenvalue weighted by Crippen LogP contribution is -2.55. The van der Waals surface area contributed by atoms with Crippen LogP contribution in [-0.2, 0) is 16.1 Å². The van der Waals surface area contributed by atoms with Gasteiger partial charge >= 0.3 is 0 Å². The number of benzene rings is 1. The summed E-state index contributed by atoms with van der Waals surface area (Å²) in [6, 6.07) is 3.94. The van der Waals surface area contributed by atoms with E-state index in [9.17, 15) is 13.6 Å². The van der Waals surface area contributed by atoms with Crippen LogP contribution in [0, 0.1) is 17.0 Å². The van der Waals surface area contributed by atoms with E-state index in [4.69, 9.17) is 4.74 Å². The first kappa shape index (κ1) is 26.0. The molecule has 0 saturated carbocycles. The molecule has 2 saturated heterocycles. The van der Waals surface area contributed by atoms with Crippen LogP contribution in [0.4, 0.5) is 8.78 Å². The maximum absolute atomic E-state index is 13.9. The number of rotatable bonds is 6. The van der Waals surface area contributed by atoms with Gasteiger partial charge in [-0.3, -0.25) is 9.69 Å². The third-order valence-corrected chi connectivity index (χ3v) is 5.75. The molecule has 3 rings (SSSR count). The Bertz CT molecular complexity index is 635. The van der Waals surface area contributed by atoms with Gasteiger partial charge in [-0.05, 0) is 57.5 Å². The van der Waals surface area contributed by atoms with Crippen molar-refractivity contribution in [3.05, 3.63) is 35.4 Å². The second-order valence-electron chi connectivity index (χ2n) is 7.71. The van der Waals surface area contributed by atoms with E-state index < -0.39 is 17.0 Å². The fourth-order valence-corrected chi connectivity index (χ4v) is 4.18. The first-order valence-electron chi connectivity index (χ1n) is 9.70. The van der Waals surface area contributed by atoms with Gasteiger partial charge in [-0.1, -0.05) is 6.07 Å². The minimum atomic E-state index is -0.519. The monoisotopic (exact) mass is 453 g/mol. The second-order valence-corrected chi connectivity index (χ2v) is 7.71. The molecule has 0 aliphatic carbocycles. The molecule has 1 atom stereocenters. The van der Waals surface area contributed by atoms with Crippen LogP contribution >= 0.6 is 24.8 Å². The van der Waals surface area contributed by atoms with Gasteiger partial charge in [-0.25, -0.2) is 8.78 Å². The number of halogens is 4. The van der Waals surface area contributed by atoms with Gasteiger partial charge in [0.15, 0.2) is 0 Å². The van der Waals surface area contributed by atoms with Crippen molar-refractivity contribution in [1.82, 2.24) is 15.5 Å². The van der Waals surface area contributed by atoms with Gasteiger partial charge < -0.3 is 15.4 Å². The van der Waals surface area contributed by atoms with Crippen LogP contribution in [0.5, 0.6) is 0 Å². The van der Waals surface area contributed by atoms with E-state index in [-0.39, 0.29) is 48.9 Å². The number of methoxy groups -OCH3 is 1. The molecule has 2 heterocycles. The van der Waals surface area contributed by atoms with Crippen LogP contribution in [0.2, 0.25) is 0 Å². The molecule has 2 fully saturated rings. The number of nitrogens with one attached hydrogen (secondary N) is 2. The van der Waals surface area contributed by atoms with E-state index >= 15 is 0 Å². The Morgan fingerprint density at radius 2 is 1.93 bits per heavy atom. The van der Waals surface area contributed by atoms with Crippen molar-refractivity contribution in [2.24, 2.45) is 5.41 Å². The van der Waals surface area contributed by atoms with Crippen molar-refractivity contribution in [1.29, 1.82) is 0 Å². The molecule has 29 heavy (non-hydrogen) atoms. The van der Waals surface area contributed by atoms with Crippen LogP contribution in [0.25, 0.3) is 0 Å². The van der Waals surface area contributed by atoms with Crippen molar-refractivity contribution < 1.29 is 18.3 Å². The fraction of sp³-hybridized carbons (Fsp3) is 0.650. The predicted octanol–water partition coefficient (Wildman–Crippen LogP) is 2.91. The van der Waals surface area contributed by atoms with Gasteiger partial charge in [0.25, 0.3) is 0 Å². The second kappa shape index (κ2) is 12.0. The van der Waals surface area contributed by atoms with Gasteiger partial charge in [-0.15, -0.1) is 24.8 Å². The summed E-state index contributed by atoms with van der Waals surface area (Å²) in [5, 5.41) is 6.47. The van der Waals surface area contributed by atoms with Crippen molar-refractivity contribution in [3.8, 4) is 0 Å². The molecule has 9 heteroatoms. The SMILES string of the molecule is COCC1(C(=O)NC2CCCN(Cc3c(F)cccc3F)C2)CCNCC1.Cl.Cl. The van der Waals surface area contributed by atoms with Crippen molar-refractivity contribution in [3.63, 3.8) is 0 Å². The number of likely N-dealkylation sites (tertiary alicyclic amines) is 1. The van der Waals surface area contributed by atoms with Gasteiger partial charge in [0, 0.05) is 31.8 Å². The molecular weight excluding hydrogens is 423 g/mol. The summed E-state index contributed by atoms with van der Waals surface area (Å²) in [5.41, 5.74) is -0.390. The van der Waals surface area contributed by atoms with Gasteiger partial charge in [0.1, 0.15) is 11.6 Å². The lowest BCUT2D eigenvalue weighted by atomic mass is 9.78. The number of carbonyl (C=O) groups is 1. The molecular formula is C20H31Cl2F2N3O2. The molecule has 0 aromatic heterocycles. The van der Waals surface area contributed by atoms with Crippen molar-refractivity contribution in [2.75, 3.05) is 39.9 Å². The number of hydrogen-bond acceptors (Lipinski definition) is 4. The fourth-order valence-electron chi connectivity index (χ4n) is 4.18. The number of piperidine rings is 2. The predicted molar refractivity (Wildman–Crippen MR) is 114 cm³/mol. The number of hydrogen-bond donors (Lipinski definition) is 2. The highest BCUT2D eigenvalue weighted by Crippen LogP contribution is 2.30. The molecule has 1 unspecified atom stereocenters. The molecule has 1 aromatic rings.